The van der Waals surface area contributed by atoms with Gasteiger partial charge in [0.05, 0.1) is 0 Å². The van der Waals surface area contributed by atoms with Gasteiger partial charge < -0.3 is 15.5 Å². The molecule has 0 aromatic heterocycles. The van der Waals surface area contributed by atoms with Gasteiger partial charge in [-0.25, -0.2) is 0 Å². The molecular formula is C24H33IN4OS. The van der Waals surface area contributed by atoms with Gasteiger partial charge in [0.2, 0.25) is 5.91 Å². The summed E-state index contributed by atoms with van der Waals surface area (Å²) in [6.45, 7) is 5.32. The number of aliphatic imine (C=N–C) groups is 1. The molecule has 2 N–H and O–H groups in total. The van der Waals surface area contributed by atoms with Crippen molar-refractivity contribution in [3.8, 4) is 0 Å². The van der Waals surface area contributed by atoms with Crippen molar-refractivity contribution in [1.82, 2.24) is 15.5 Å². The van der Waals surface area contributed by atoms with Crippen molar-refractivity contribution in [2.24, 2.45) is 4.99 Å². The summed E-state index contributed by atoms with van der Waals surface area (Å²) in [5.41, 5.74) is 2.65. The molecule has 7 heteroatoms. The minimum atomic E-state index is 0. The molecule has 0 fully saturated rings. The van der Waals surface area contributed by atoms with Gasteiger partial charge in [-0.1, -0.05) is 49.4 Å². The first-order valence-electron chi connectivity index (χ1n) is 10.7. The van der Waals surface area contributed by atoms with Crippen molar-refractivity contribution in [3.63, 3.8) is 0 Å². The number of carbonyl (C=O) groups excluding carboxylic acids is 1. The van der Waals surface area contributed by atoms with Crippen molar-refractivity contribution in [3.05, 3.63) is 65.7 Å². The Bertz CT molecular complexity index is 846. The van der Waals surface area contributed by atoms with Crippen LogP contribution in [0.2, 0.25) is 0 Å². The van der Waals surface area contributed by atoms with Gasteiger partial charge in [-0.05, 0) is 36.1 Å². The number of amides is 1. The van der Waals surface area contributed by atoms with E-state index in [1.807, 2.05) is 22.7 Å². The molecule has 1 aliphatic rings. The van der Waals surface area contributed by atoms with Crippen LogP contribution in [0.5, 0.6) is 0 Å². The fraction of sp³-hybridized carbons (Fsp3) is 0.417. The van der Waals surface area contributed by atoms with Crippen LogP contribution in [0.4, 0.5) is 0 Å². The minimum Gasteiger partial charge on any atom is -0.356 e. The maximum Gasteiger partial charge on any atom is 0.222 e. The Morgan fingerprint density at radius 2 is 1.81 bits per heavy atom. The fourth-order valence-corrected chi connectivity index (χ4v) is 4.49. The van der Waals surface area contributed by atoms with Crippen LogP contribution < -0.4 is 10.6 Å². The molecule has 1 unspecified atom stereocenters. The Morgan fingerprint density at radius 1 is 1.10 bits per heavy atom. The number of rotatable bonds is 8. The number of carbonyl (C=O) groups is 1. The number of benzene rings is 2. The first-order valence-corrected chi connectivity index (χ1v) is 11.5. The summed E-state index contributed by atoms with van der Waals surface area (Å²) in [7, 11) is 1.78. The molecule has 2 aromatic carbocycles. The lowest BCUT2D eigenvalue weighted by atomic mass is 9.99. The van der Waals surface area contributed by atoms with Crippen molar-refractivity contribution in [2.45, 2.75) is 42.9 Å². The third kappa shape index (κ3) is 8.37. The monoisotopic (exact) mass is 552 g/mol. The molecule has 0 saturated carbocycles. The number of nitrogens with zero attached hydrogens (tertiary/aromatic N) is 2. The first-order chi connectivity index (χ1) is 14.7. The lowest BCUT2D eigenvalue weighted by Gasteiger charge is -2.29. The molecular weight excluding hydrogens is 519 g/mol. The number of fused-ring (bicyclic) bond motifs is 1. The molecule has 1 heterocycles. The van der Waals surface area contributed by atoms with E-state index in [0.717, 1.165) is 45.0 Å². The van der Waals surface area contributed by atoms with Gasteiger partial charge >= 0.3 is 0 Å². The summed E-state index contributed by atoms with van der Waals surface area (Å²) in [4.78, 5) is 20.1. The highest BCUT2D eigenvalue weighted by molar-refractivity contribution is 14.0. The molecule has 0 radical (unpaired) electrons. The van der Waals surface area contributed by atoms with Crippen LogP contribution in [0.25, 0.3) is 0 Å². The van der Waals surface area contributed by atoms with E-state index in [2.05, 4.69) is 71.1 Å². The lowest BCUT2D eigenvalue weighted by molar-refractivity contribution is -0.132. The summed E-state index contributed by atoms with van der Waals surface area (Å²) < 4.78 is 0. The standard InChI is InChI=1S/C24H32N4OS.HI/c1-19(30-22-11-4-3-5-12-22)17-27-24(25-2)26-15-8-13-23(29)28-16-14-20-9-6-7-10-21(20)18-28;/h3-7,9-12,19H,8,13-18H2,1-2H3,(H2,25,26,27);1H. The van der Waals surface area contributed by atoms with Crippen molar-refractivity contribution in [1.29, 1.82) is 0 Å². The van der Waals surface area contributed by atoms with Crippen LogP contribution in [0.3, 0.4) is 0 Å². The van der Waals surface area contributed by atoms with Crippen molar-refractivity contribution in [2.75, 3.05) is 26.7 Å². The van der Waals surface area contributed by atoms with Crippen molar-refractivity contribution < 1.29 is 4.79 Å². The average molecular weight is 553 g/mol. The second-order valence-corrected chi connectivity index (χ2v) is 9.07. The molecule has 2 aromatic rings. The zero-order valence-electron chi connectivity index (χ0n) is 18.3. The normalized spacial score (nSPS) is 14.3. The summed E-state index contributed by atoms with van der Waals surface area (Å²) in [5, 5.41) is 7.12. The fourth-order valence-electron chi connectivity index (χ4n) is 3.55. The number of hydrogen-bond donors (Lipinski definition) is 2. The topological polar surface area (TPSA) is 56.7 Å². The van der Waals surface area contributed by atoms with Gasteiger partial charge in [0.15, 0.2) is 5.96 Å². The highest BCUT2D eigenvalue weighted by atomic mass is 127. The molecule has 1 atom stereocenters. The minimum absolute atomic E-state index is 0. The Labute approximate surface area is 207 Å². The smallest absolute Gasteiger partial charge is 0.222 e. The van der Waals surface area contributed by atoms with E-state index in [0.29, 0.717) is 11.7 Å². The van der Waals surface area contributed by atoms with E-state index in [-0.39, 0.29) is 29.9 Å². The Morgan fingerprint density at radius 3 is 2.55 bits per heavy atom. The molecule has 3 rings (SSSR count). The van der Waals surface area contributed by atoms with Crippen LogP contribution in [-0.4, -0.2) is 48.7 Å². The molecule has 1 amide bonds. The SMILES string of the molecule is CN=C(NCCCC(=O)N1CCc2ccccc2C1)NCC(C)Sc1ccccc1.I. The summed E-state index contributed by atoms with van der Waals surface area (Å²) in [6.07, 6.45) is 2.31. The number of nitrogens with one attached hydrogen (secondary N) is 2. The lowest BCUT2D eigenvalue weighted by Crippen LogP contribution is -2.41. The van der Waals surface area contributed by atoms with Crippen LogP contribution in [0, 0.1) is 0 Å². The largest absolute Gasteiger partial charge is 0.356 e. The molecule has 0 spiro atoms. The second kappa shape index (κ2) is 13.6. The predicted molar refractivity (Wildman–Crippen MR) is 141 cm³/mol. The van der Waals surface area contributed by atoms with Gasteiger partial charge in [-0.2, -0.15) is 0 Å². The van der Waals surface area contributed by atoms with Gasteiger partial charge in [0, 0.05) is 49.8 Å². The van der Waals surface area contributed by atoms with Gasteiger partial charge in [-0.3, -0.25) is 9.79 Å². The van der Waals surface area contributed by atoms with E-state index in [4.69, 9.17) is 0 Å². The maximum absolute atomic E-state index is 12.6. The number of halogens is 1. The van der Waals surface area contributed by atoms with Gasteiger partial charge in [0.1, 0.15) is 0 Å². The predicted octanol–water partition coefficient (Wildman–Crippen LogP) is 4.32. The van der Waals surface area contributed by atoms with Crippen LogP contribution >= 0.6 is 35.7 Å². The van der Waals surface area contributed by atoms with E-state index >= 15 is 0 Å². The average Bonchev–Trinajstić information content (AvgIpc) is 2.78. The third-order valence-corrected chi connectivity index (χ3v) is 6.32. The van der Waals surface area contributed by atoms with Gasteiger partial charge in [0.25, 0.3) is 0 Å². The van der Waals surface area contributed by atoms with Gasteiger partial charge in [-0.15, -0.1) is 35.7 Å². The molecule has 0 aliphatic carbocycles. The molecule has 5 nitrogen and oxygen atoms in total. The third-order valence-electron chi connectivity index (χ3n) is 5.20. The Kier molecular flexibility index (Phi) is 11.2. The Balaban J connectivity index is 0.00000341. The molecule has 0 bridgehead atoms. The summed E-state index contributed by atoms with van der Waals surface area (Å²) in [5.74, 6) is 1.02. The molecule has 31 heavy (non-hydrogen) atoms. The highest BCUT2D eigenvalue weighted by Gasteiger charge is 2.19. The molecule has 0 saturated heterocycles. The van der Waals surface area contributed by atoms with Crippen LogP contribution in [0.15, 0.2) is 64.5 Å². The van der Waals surface area contributed by atoms with Crippen LogP contribution in [0.1, 0.15) is 30.9 Å². The Hall–Kier alpha value is -1.74. The summed E-state index contributed by atoms with van der Waals surface area (Å²) >= 11 is 1.84. The zero-order chi connectivity index (χ0) is 21.2. The summed E-state index contributed by atoms with van der Waals surface area (Å²) in [6, 6.07) is 18.8. The number of hydrogen-bond acceptors (Lipinski definition) is 3. The zero-order valence-corrected chi connectivity index (χ0v) is 21.5. The maximum atomic E-state index is 12.6. The van der Waals surface area contributed by atoms with E-state index in [9.17, 15) is 4.79 Å². The molecule has 1 aliphatic heterocycles. The number of guanidine groups is 1. The second-order valence-electron chi connectivity index (χ2n) is 7.56. The first kappa shape index (κ1) is 25.5. The molecule has 168 valence electrons. The highest BCUT2D eigenvalue weighted by Crippen LogP contribution is 2.22. The quantitative estimate of drug-likeness (QED) is 0.169. The van der Waals surface area contributed by atoms with E-state index in [1.54, 1.807) is 7.05 Å². The van der Waals surface area contributed by atoms with E-state index in [1.165, 1.54) is 16.0 Å². The van der Waals surface area contributed by atoms with E-state index < -0.39 is 0 Å². The van der Waals surface area contributed by atoms with Crippen LogP contribution in [-0.2, 0) is 17.8 Å². The number of thioether (sulfide) groups is 1. The van der Waals surface area contributed by atoms with Crippen molar-refractivity contribution >= 4 is 47.6 Å².